The molecule has 0 saturated heterocycles. The lowest BCUT2D eigenvalue weighted by atomic mass is 10.2. The first-order valence-corrected chi connectivity index (χ1v) is 7.74. The molecule has 1 aliphatic rings. The van der Waals surface area contributed by atoms with Gasteiger partial charge in [-0.15, -0.1) is 23.1 Å². The predicted octanol–water partition coefficient (Wildman–Crippen LogP) is 3.18. The molecule has 0 unspecified atom stereocenters. The molecule has 1 aliphatic heterocycles. The number of hydrogen-bond donors (Lipinski definition) is 1. The van der Waals surface area contributed by atoms with Gasteiger partial charge in [0.25, 0.3) is 0 Å². The number of aromatic nitrogens is 1. The van der Waals surface area contributed by atoms with E-state index in [2.05, 4.69) is 35.8 Å². The van der Waals surface area contributed by atoms with Crippen molar-refractivity contribution in [3.8, 4) is 10.6 Å². The average molecular weight is 262 g/mol. The van der Waals surface area contributed by atoms with Gasteiger partial charge in [-0.2, -0.15) is 0 Å². The third kappa shape index (κ3) is 2.25. The molecule has 0 aliphatic carbocycles. The molecular formula is C13H14N2S2. The van der Waals surface area contributed by atoms with Gasteiger partial charge in [-0.05, 0) is 18.4 Å². The summed E-state index contributed by atoms with van der Waals surface area (Å²) in [4.78, 5) is 7.45. The van der Waals surface area contributed by atoms with E-state index in [1.165, 1.54) is 21.0 Å². The molecule has 4 heteroatoms. The van der Waals surface area contributed by atoms with E-state index in [1.54, 1.807) is 11.8 Å². The van der Waals surface area contributed by atoms with E-state index in [0.29, 0.717) is 0 Å². The minimum absolute atomic E-state index is 0.982. The Bertz CT molecular complexity index is 493. The smallest absolute Gasteiger partial charge is 0.123 e. The van der Waals surface area contributed by atoms with Crippen molar-refractivity contribution in [2.45, 2.75) is 17.9 Å². The van der Waals surface area contributed by atoms with Crippen LogP contribution in [0.5, 0.6) is 0 Å². The second-order valence-corrected chi connectivity index (χ2v) is 6.01. The number of thioether (sulfide) groups is 1. The summed E-state index contributed by atoms with van der Waals surface area (Å²) in [5.41, 5.74) is 2.53. The molecule has 2 nitrogen and oxygen atoms in total. The standard InChI is InChI=1S/C13H14N2S2/c1-16-10-4-2-9(3-5-10)13-15-11-6-7-14-8-12(11)17-13/h2-5,14H,6-8H2,1H3. The van der Waals surface area contributed by atoms with Crippen molar-refractivity contribution >= 4 is 23.1 Å². The third-order valence-electron chi connectivity index (χ3n) is 2.94. The van der Waals surface area contributed by atoms with E-state index in [1.807, 2.05) is 11.3 Å². The van der Waals surface area contributed by atoms with Crippen molar-refractivity contribution in [1.82, 2.24) is 10.3 Å². The Kier molecular flexibility index (Phi) is 3.18. The van der Waals surface area contributed by atoms with Crippen LogP contribution < -0.4 is 5.32 Å². The summed E-state index contributed by atoms with van der Waals surface area (Å²) < 4.78 is 0. The zero-order chi connectivity index (χ0) is 11.7. The van der Waals surface area contributed by atoms with Gasteiger partial charge in [-0.25, -0.2) is 4.98 Å². The van der Waals surface area contributed by atoms with Crippen LogP contribution in [0.4, 0.5) is 0 Å². The van der Waals surface area contributed by atoms with E-state index < -0.39 is 0 Å². The van der Waals surface area contributed by atoms with Crippen molar-refractivity contribution < 1.29 is 0 Å². The number of nitrogens with one attached hydrogen (secondary N) is 1. The lowest BCUT2D eigenvalue weighted by Crippen LogP contribution is -2.22. The molecule has 2 aromatic rings. The monoisotopic (exact) mass is 262 g/mol. The second-order valence-electron chi connectivity index (χ2n) is 4.04. The van der Waals surface area contributed by atoms with Crippen LogP contribution in [0.2, 0.25) is 0 Å². The van der Waals surface area contributed by atoms with Gasteiger partial charge < -0.3 is 5.32 Å². The normalized spacial score (nSPS) is 14.6. The Balaban J connectivity index is 1.94. The fraction of sp³-hybridized carbons (Fsp3) is 0.308. The predicted molar refractivity (Wildman–Crippen MR) is 74.7 cm³/mol. The van der Waals surface area contributed by atoms with Gasteiger partial charge in [0.15, 0.2) is 0 Å². The molecule has 0 spiro atoms. The Hall–Kier alpha value is -0.840. The molecule has 1 aromatic heterocycles. The van der Waals surface area contributed by atoms with E-state index in [0.717, 1.165) is 24.5 Å². The maximum Gasteiger partial charge on any atom is 0.123 e. The molecule has 0 bridgehead atoms. The first-order valence-electron chi connectivity index (χ1n) is 5.70. The van der Waals surface area contributed by atoms with Gasteiger partial charge in [0.2, 0.25) is 0 Å². The van der Waals surface area contributed by atoms with Gasteiger partial charge in [0.05, 0.1) is 5.69 Å². The fourth-order valence-corrected chi connectivity index (χ4v) is 3.47. The zero-order valence-corrected chi connectivity index (χ0v) is 11.3. The first kappa shape index (κ1) is 11.3. The molecule has 3 rings (SSSR count). The van der Waals surface area contributed by atoms with Crippen LogP contribution in [-0.2, 0) is 13.0 Å². The van der Waals surface area contributed by atoms with Crippen molar-refractivity contribution in [2.75, 3.05) is 12.8 Å². The lowest BCUT2D eigenvalue weighted by molar-refractivity contribution is 0.644. The SMILES string of the molecule is CSc1ccc(-c2nc3c(s2)CNCC3)cc1. The van der Waals surface area contributed by atoms with Crippen molar-refractivity contribution in [3.63, 3.8) is 0 Å². The highest BCUT2D eigenvalue weighted by atomic mass is 32.2. The molecular weight excluding hydrogens is 248 g/mol. The first-order chi connectivity index (χ1) is 8.36. The van der Waals surface area contributed by atoms with Crippen LogP contribution in [0, 0.1) is 0 Å². The quantitative estimate of drug-likeness (QED) is 0.841. The number of rotatable bonds is 2. The molecule has 1 aromatic carbocycles. The van der Waals surface area contributed by atoms with Crippen LogP contribution in [0.3, 0.4) is 0 Å². The van der Waals surface area contributed by atoms with Gasteiger partial charge in [-0.1, -0.05) is 12.1 Å². The number of thiazole rings is 1. The van der Waals surface area contributed by atoms with Crippen LogP contribution >= 0.6 is 23.1 Å². The summed E-state index contributed by atoms with van der Waals surface area (Å²) in [5, 5.41) is 4.55. The number of nitrogens with zero attached hydrogens (tertiary/aromatic N) is 1. The largest absolute Gasteiger partial charge is 0.311 e. The van der Waals surface area contributed by atoms with Gasteiger partial charge in [0.1, 0.15) is 5.01 Å². The molecule has 0 saturated carbocycles. The molecule has 2 heterocycles. The molecule has 1 N–H and O–H groups in total. The Morgan fingerprint density at radius 3 is 2.82 bits per heavy atom. The van der Waals surface area contributed by atoms with Crippen LogP contribution in [0.1, 0.15) is 10.6 Å². The number of fused-ring (bicyclic) bond motifs is 1. The minimum atomic E-state index is 0.982. The van der Waals surface area contributed by atoms with E-state index in [-0.39, 0.29) is 0 Å². The van der Waals surface area contributed by atoms with Gasteiger partial charge >= 0.3 is 0 Å². The highest BCUT2D eigenvalue weighted by molar-refractivity contribution is 7.98. The Morgan fingerprint density at radius 2 is 2.12 bits per heavy atom. The summed E-state index contributed by atoms with van der Waals surface area (Å²) in [6, 6.07) is 8.67. The zero-order valence-electron chi connectivity index (χ0n) is 9.69. The third-order valence-corrected chi connectivity index (χ3v) is 4.83. The minimum Gasteiger partial charge on any atom is -0.311 e. The molecule has 17 heavy (non-hydrogen) atoms. The lowest BCUT2D eigenvalue weighted by Gasteiger charge is -2.09. The highest BCUT2D eigenvalue weighted by Crippen LogP contribution is 2.30. The fourth-order valence-electron chi connectivity index (χ4n) is 1.98. The maximum absolute atomic E-state index is 4.75. The van der Waals surface area contributed by atoms with E-state index in [4.69, 9.17) is 4.98 Å². The summed E-state index contributed by atoms with van der Waals surface area (Å²) >= 11 is 3.59. The van der Waals surface area contributed by atoms with E-state index >= 15 is 0 Å². The van der Waals surface area contributed by atoms with E-state index in [9.17, 15) is 0 Å². The topological polar surface area (TPSA) is 24.9 Å². The van der Waals surface area contributed by atoms with Crippen molar-refractivity contribution in [2.24, 2.45) is 0 Å². The highest BCUT2D eigenvalue weighted by Gasteiger charge is 2.15. The summed E-state index contributed by atoms with van der Waals surface area (Å²) in [6.07, 6.45) is 3.16. The number of benzene rings is 1. The van der Waals surface area contributed by atoms with Crippen molar-refractivity contribution in [1.29, 1.82) is 0 Å². The van der Waals surface area contributed by atoms with Crippen molar-refractivity contribution in [3.05, 3.63) is 34.8 Å². The maximum atomic E-state index is 4.75. The summed E-state index contributed by atoms with van der Waals surface area (Å²) in [6.45, 7) is 2.04. The Labute approximate surface area is 109 Å². The molecule has 0 atom stereocenters. The molecule has 0 fully saturated rings. The van der Waals surface area contributed by atoms with Crippen LogP contribution in [-0.4, -0.2) is 17.8 Å². The van der Waals surface area contributed by atoms with Crippen LogP contribution in [0.25, 0.3) is 10.6 Å². The average Bonchev–Trinajstić information content (AvgIpc) is 2.82. The van der Waals surface area contributed by atoms with Crippen LogP contribution in [0.15, 0.2) is 29.2 Å². The summed E-state index contributed by atoms with van der Waals surface area (Å²) in [5.74, 6) is 0. The second kappa shape index (κ2) is 4.80. The number of hydrogen-bond acceptors (Lipinski definition) is 4. The molecule has 88 valence electrons. The molecule has 0 radical (unpaired) electrons. The van der Waals surface area contributed by atoms with Gasteiger partial charge in [0, 0.05) is 34.8 Å². The summed E-state index contributed by atoms with van der Waals surface area (Å²) in [7, 11) is 0. The molecule has 0 amide bonds. The Morgan fingerprint density at radius 1 is 1.29 bits per heavy atom. The van der Waals surface area contributed by atoms with Gasteiger partial charge in [-0.3, -0.25) is 0 Å².